The first kappa shape index (κ1) is 17.7. The molecule has 140 valence electrons. The molecule has 1 saturated heterocycles. The number of morpholine rings is 1. The molecule has 4 nitrogen and oxygen atoms in total. The SMILES string of the molecule is Cc1ccc(F)c([C@H](CC(=O)N2CCOCC2)c2c[nH]c3ccccc23)c1. The molecule has 2 aromatic carbocycles. The second kappa shape index (κ2) is 7.53. The normalized spacial score (nSPS) is 15.9. The maximum atomic E-state index is 14.7. The molecule has 3 aromatic rings. The number of H-pyrrole nitrogens is 1. The molecule has 27 heavy (non-hydrogen) atoms. The van der Waals surface area contributed by atoms with Crippen LogP contribution in [0.4, 0.5) is 4.39 Å². The molecule has 0 spiro atoms. The third kappa shape index (κ3) is 3.60. The van der Waals surface area contributed by atoms with E-state index in [0.717, 1.165) is 22.0 Å². The summed E-state index contributed by atoms with van der Waals surface area (Å²) >= 11 is 0. The van der Waals surface area contributed by atoms with Gasteiger partial charge in [-0.1, -0.05) is 35.9 Å². The first-order valence-corrected chi connectivity index (χ1v) is 9.31. The van der Waals surface area contributed by atoms with E-state index in [1.807, 2.05) is 48.4 Å². The van der Waals surface area contributed by atoms with E-state index in [-0.39, 0.29) is 24.1 Å². The van der Waals surface area contributed by atoms with Crippen LogP contribution in [0.15, 0.2) is 48.7 Å². The highest BCUT2D eigenvalue weighted by Crippen LogP contribution is 2.35. The number of para-hydroxylation sites is 1. The van der Waals surface area contributed by atoms with Crippen molar-refractivity contribution >= 4 is 16.8 Å². The highest BCUT2D eigenvalue weighted by molar-refractivity contribution is 5.86. The van der Waals surface area contributed by atoms with Crippen LogP contribution in [0.5, 0.6) is 0 Å². The van der Waals surface area contributed by atoms with E-state index in [2.05, 4.69) is 4.98 Å². The van der Waals surface area contributed by atoms with E-state index >= 15 is 0 Å². The topological polar surface area (TPSA) is 45.3 Å². The van der Waals surface area contributed by atoms with Gasteiger partial charge in [-0.3, -0.25) is 4.79 Å². The third-order valence-electron chi connectivity index (χ3n) is 5.27. The highest BCUT2D eigenvalue weighted by Gasteiger charge is 2.27. The molecule has 4 rings (SSSR count). The van der Waals surface area contributed by atoms with Gasteiger partial charge >= 0.3 is 0 Å². The van der Waals surface area contributed by atoms with Crippen molar-refractivity contribution in [3.63, 3.8) is 0 Å². The number of halogens is 1. The van der Waals surface area contributed by atoms with Crippen LogP contribution in [0.3, 0.4) is 0 Å². The third-order valence-corrected chi connectivity index (χ3v) is 5.27. The van der Waals surface area contributed by atoms with Gasteiger partial charge in [-0.25, -0.2) is 4.39 Å². The minimum atomic E-state index is -0.337. The number of hydrogen-bond donors (Lipinski definition) is 1. The summed E-state index contributed by atoms with van der Waals surface area (Å²) in [5, 5.41) is 1.03. The number of nitrogens with one attached hydrogen (secondary N) is 1. The van der Waals surface area contributed by atoms with Crippen LogP contribution in [-0.2, 0) is 9.53 Å². The zero-order valence-corrected chi connectivity index (χ0v) is 15.4. The van der Waals surface area contributed by atoms with Crippen molar-refractivity contribution in [3.05, 3.63) is 71.2 Å². The molecule has 1 N–H and O–H groups in total. The lowest BCUT2D eigenvalue weighted by Crippen LogP contribution is -2.41. The average Bonchev–Trinajstić information content (AvgIpc) is 3.12. The van der Waals surface area contributed by atoms with E-state index in [4.69, 9.17) is 4.74 Å². The lowest BCUT2D eigenvalue weighted by atomic mass is 9.86. The molecule has 0 radical (unpaired) electrons. The van der Waals surface area contributed by atoms with Gasteiger partial charge < -0.3 is 14.6 Å². The number of fused-ring (bicyclic) bond motifs is 1. The second-order valence-corrected chi connectivity index (χ2v) is 7.06. The summed E-state index contributed by atoms with van der Waals surface area (Å²) in [4.78, 5) is 18.0. The molecule has 1 atom stereocenters. The minimum Gasteiger partial charge on any atom is -0.378 e. The molecule has 2 heterocycles. The number of aryl methyl sites for hydroxylation is 1. The van der Waals surface area contributed by atoms with Crippen molar-refractivity contribution in [2.24, 2.45) is 0 Å². The van der Waals surface area contributed by atoms with Crippen LogP contribution in [-0.4, -0.2) is 42.1 Å². The van der Waals surface area contributed by atoms with Gasteiger partial charge in [-0.2, -0.15) is 0 Å². The summed E-state index contributed by atoms with van der Waals surface area (Å²) in [5.41, 5.74) is 3.50. The van der Waals surface area contributed by atoms with Crippen LogP contribution >= 0.6 is 0 Å². The number of nitrogens with zero attached hydrogens (tertiary/aromatic N) is 1. The molecule has 1 aliphatic heterocycles. The Balaban J connectivity index is 1.75. The van der Waals surface area contributed by atoms with E-state index in [9.17, 15) is 9.18 Å². The fraction of sp³-hybridized carbons (Fsp3) is 0.318. The van der Waals surface area contributed by atoms with E-state index < -0.39 is 0 Å². The fourth-order valence-corrected chi connectivity index (χ4v) is 3.82. The van der Waals surface area contributed by atoms with Crippen LogP contribution in [0.25, 0.3) is 10.9 Å². The van der Waals surface area contributed by atoms with Crippen molar-refractivity contribution in [1.82, 2.24) is 9.88 Å². The van der Waals surface area contributed by atoms with Crippen LogP contribution < -0.4 is 0 Å². The Morgan fingerprint density at radius 3 is 2.78 bits per heavy atom. The number of aromatic nitrogens is 1. The number of carbonyl (C=O) groups excluding carboxylic acids is 1. The van der Waals surface area contributed by atoms with Crippen LogP contribution in [0, 0.1) is 12.7 Å². The van der Waals surface area contributed by atoms with Gasteiger partial charge in [0, 0.05) is 42.5 Å². The second-order valence-electron chi connectivity index (χ2n) is 7.06. The van der Waals surface area contributed by atoms with Gasteiger partial charge in [-0.15, -0.1) is 0 Å². The lowest BCUT2D eigenvalue weighted by molar-refractivity contribution is -0.135. The van der Waals surface area contributed by atoms with Gasteiger partial charge in [-0.05, 0) is 30.2 Å². The summed E-state index contributed by atoms with van der Waals surface area (Å²) in [6.07, 6.45) is 2.14. The summed E-state index contributed by atoms with van der Waals surface area (Å²) < 4.78 is 20.1. The van der Waals surface area contributed by atoms with Crippen molar-refractivity contribution in [1.29, 1.82) is 0 Å². The number of aromatic amines is 1. The van der Waals surface area contributed by atoms with Gasteiger partial charge in [0.05, 0.1) is 13.2 Å². The molecular formula is C22H23FN2O2. The van der Waals surface area contributed by atoms with E-state index in [1.54, 1.807) is 6.07 Å². The molecule has 0 unspecified atom stereocenters. The molecule has 0 aliphatic carbocycles. The lowest BCUT2D eigenvalue weighted by Gasteiger charge is -2.29. The Labute approximate surface area is 157 Å². The number of ether oxygens (including phenoxy) is 1. The van der Waals surface area contributed by atoms with Gasteiger partial charge in [0.1, 0.15) is 5.82 Å². The average molecular weight is 366 g/mol. The molecule has 5 heteroatoms. The molecular weight excluding hydrogens is 343 g/mol. The number of amides is 1. The number of benzene rings is 2. The summed E-state index contributed by atoms with van der Waals surface area (Å²) in [6.45, 7) is 4.25. The first-order chi connectivity index (χ1) is 13.1. The van der Waals surface area contributed by atoms with Crippen molar-refractivity contribution in [2.75, 3.05) is 26.3 Å². The Morgan fingerprint density at radius 1 is 1.19 bits per heavy atom. The van der Waals surface area contributed by atoms with Gasteiger partial charge in [0.15, 0.2) is 0 Å². The molecule has 1 amide bonds. The summed E-state index contributed by atoms with van der Waals surface area (Å²) in [7, 11) is 0. The maximum Gasteiger partial charge on any atom is 0.223 e. The van der Waals surface area contributed by atoms with Crippen LogP contribution in [0.2, 0.25) is 0 Å². The van der Waals surface area contributed by atoms with E-state index in [1.165, 1.54) is 6.07 Å². The Morgan fingerprint density at radius 2 is 1.96 bits per heavy atom. The van der Waals surface area contributed by atoms with Crippen molar-refractivity contribution in [3.8, 4) is 0 Å². The number of hydrogen-bond acceptors (Lipinski definition) is 2. The van der Waals surface area contributed by atoms with Gasteiger partial charge in [0.25, 0.3) is 0 Å². The van der Waals surface area contributed by atoms with Crippen molar-refractivity contribution in [2.45, 2.75) is 19.3 Å². The maximum absolute atomic E-state index is 14.7. The smallest absolute Gasteiger partial charge is 0.223 e. The molecule has 0 bridgehead atoms. The molecule has 1 aliphatic rings. The zero-order chi connectivity index (χ0) is 18.8. The number of rotatable bonds is 4. The largest absolute Gasteiger partial charge is 0.378 e. The summed E-state index contributed by atoms with van der Waals surface area (Å²) in [5.74, 6) is -0.573. The zero-order valence-electron chi connectivity index (χ0n) is 15.4. The Hall–Kier alpha value is -2.66. The number of carbonyl (C=O) groups is 1. The van der Waals surface area contributed by atoms with E-state index in [0.29, 0.717) is 31.9 Å². The Kier molecular flexibility index (Phi) is 4.94. The quantitative estimate of drug-likeness (QED) is 0.759. The monoisotopic (exact) mass is 366 g/mol. The van der Waals surface area contributed by atoms with Gasteiger partial charge in [0.2, 0.25) is 5.91 Å². The summed E-state index contributed by atoms with van der Waals surface area (Å²) in [6, 6.07) is 13.0. The predicted octanol–water partition coefficient (Wildman–Crippen LogP) is 4.00. The molecule has 1 aromatic heterocycles. The van der Waals surface area contributed by atoms with Crippen molar-refractivity contribution < 1.29 is 13.9 Å². The first-order valence-electron chi connectivity index (χ1n) is 9.31. The minimum absolute atomic E-state index is 0.0366. The molecule has 0 saturated carbocycles. The Bertz CT molecular complexity index is 960. The van der Waals surface area contributed by atoms with Crippen LogP contribution in [0.1, 0.15) is 29.0 Å². The predicted molar refractivity (Wildman–Crippen MR) is 103 cm³/mol. The fourth-order valence-electron chi connectivity index (χ4n) is 3.82. The highest BCUT2D eigenvalue weighted by atomic mass is 19.1. The molecule has 1 fully saturated rings. The standard InChI is InChI=1S/C22H23FN2O2/c1-15-6-7-20(23)18(12-15)17(13-22(26)25-8-10-27-11-9-25)19-14-24-21-5-3-2-4-16(19)21/h2-7,12,14,17,24H,8-11,13H2,1H3/t17-/m0/s1.